The fourth-order valence-corrected chi connectivity index (χ4v) is 3.82. The summed E-state index contributed by atoms with van der Waals surface area (Å²) < 4.78 is 6.78. The summed E-state index contributed by atoms with van der Waals surface area (Å²) in [6, 6.07) is 23.9. The minimum Gasteiger partial charge on any atom is -0.448 e. The molecule has 7 nitrogen and oxygen atoms in total. The molecule has 4 aromatic rings. The smallest absolute Gasteiger partial charge is 0.360 e. The van der Waals surface area contributed by atoms with Crippen molar-refractivity contribution in [2.24, 2.45) is 5.92 Å². The minimum absolute atomic E-state index is 0.00480. The summed E-state index contributed by atoms with van der Waals surface area (Å²) in [6.45, 7) is 5.78. The van der Waals surface area contributed by atoms with E-state index in [0.717, 1.165) is 11.1 Å². The molecule has 0 spiro atoms. The predicted octanol–water partition coefficient (Wildman–Crippen LogP) is 4.90. The van der Waals surface area contributed by atoms with Crippen molar-refractivity contribution < 1.29 is 14.3 Å². The van der Waals surface area contributed by atoms with E-state index < -0.39 is 18.0 Å². The van der Waals surface area contributed by atoms with Crippen LogP contribution in [0.2, 0.25) is 0 Å². The van der Waals surface area contributed by atoms with Crippen LogP contribution >= 0.6 is 0 Å². The Morgan fingerprint density at radius 2 is 1.51 bits per heavy atom. The molecule has 0 bridgehead atoms. The minimum atomic E-state index is -1.09. The summed E-state index contributed by atoms with van der Waals surface area (Å²) in [5.74, 6) is -1.08. The monoisotopic (exact) mass is 469 g/mol. The van der Waals surface area contributed by atoms with Crippen LogP contribution in [0.25, 0.3) is 21.9 Å². The van der Waals surface area contributed by atoms with E-state index in [9.17, 15) is 14.4 Å². The van der Waals surface area contributed by atoms with E-state index in [2.05, 4.69) is 10.4 Å². The largest absolute Gasteiger partial charge is 0.448 e. The lowest BCUT2D eigenvalue weighted by atomic mass is 10.0. The lowest BCUT2D eigenvalue weighted by molar-refractivity contribution is -0.123. The first kappa shape index (κ1) is 23.9. The third kappa shape index (κ3) is 5.30. The number of anilines is 1. The molecule has 35 heavy (non-hydrogen) atoms. The number of hydrogen-bond donors (Lipinski definition) is 1. The number of ether oxygens (including phenoxy) is 1. The molecular formula is C28H27N3O4. The van der Waals surface area contributed by atoms with Gasteiger partial charge < -0.3 is 10.1 Å². The molecule has 4 rings (SSSR count). The molecule has 1 amide bonds. The molecule has 178 valence electrons. The van der Waals surface area contributed by atoms with Crippen LogP contribution in [-0.2, 0) is 16.1 Å². The molecule has 0 radical (unpaired) electrons. The maximum atomic E-state index is 13.1. The molecule has 1 N–H and O–H groups in total. The second-order valence-corrected chi connectivity index (χ2v) is 8.72. The molecule has 7 heteroatoms. The van der Waals surface area contributed by atoms with E-state index in [1.807, 2.05) is 62.4 Å². The molecule has 0 saturated carbocycles. The van der Waals surface area contributed by atoms with Gasteiger partial charge in [0.25, 0.3) is 11.5 Å². The fourth-order valence-electron chi connectivity index (χ4n) is 3.82. The van der Waals surface area contributed by atoms with Crippen LogP contribution in [0.4, 0.5) is 5.69 Å². The SMILES string of the molecule is CC(C)Cn1nc(C(=O)OC(C)C(=O)Nc2ccccc2-c2ccccc2)c2ccccc2c1=O. The van der Waals surface area contributed by atoms with Gasteiger partial charge in [-0.25, -0.2) is 9.48 Å². The van der Waals surface area contributed by atoms with Gasteiger partial charge in [-0.05, 0) is 30.5 Å². The third-order valence-electron chi connectivity index (χ3n) is 5.52. The zero-order valence-electron chi connectivity index (χ0n) is 19.9. The molecular weight excluding hydrogens is 442 g/mol. The molecule has 0 aliphatic heterocycles. The Labute approximate surface area is 203 Å². The summed E-state index contributed by atoms with van der Waals surface area (Å²) in [6.07, 6.45) is -1.09. The van der Waals surface area contributed by atoms with Crippen LogP contribution in [-0.4, -0.2) is 27.8 Å². The zero-order valence-corrected chi connectivity index (χ0v) is 19.9. The number of para-hydroxylation sites is 1. The van der Waals surface area contributed by atoms with Crippen molar-refractivity contribution in [2.75, 3.05) is 5.32 Å². The molecule has 1 aromatic heterocycles. The van der Waals surface area contributed by atoms with E-state index >= 15 is 0 Å². The highest BCUT2D eigenvalue weighted by Crippen LogP contribution is 2.27. The van der Waals surface area contributed by atoms with Gasteiger partial charge in [0.1, 0.15) is 0 Å². The van der Waals surface area contributed by atoms with Gasteiger partial charge in [0.15, 0.2) is 11.8 Å². The highest BCUT2D eigenvalue weighted by molar-refractivity contribution is 6.04. The van der Waals surface area contributed by atoms with Crippen molar-refractivity contribution in [1.29, 1.82) is 0 Å². The maximum Gasteiger partial charge on any atom is 0.360 e. The highest BCUT2D eigenvalue weighted by atomic mass is 16.5. The Balaban J connectivity index is 1.57. The van der Waals surface area contributed by atoms with Crippen molar-refractivity contribution in [3.8, 4) is 11.1 Å². The molecule has 1 unspecified atom stereocenters. The number of nitrogens with zero attached hydrogens (tertiary/aromatic N) is 2. The Morgan fingerprint density at radius 1 is 0.886 bits per heavy atom. The van der Waals surface area contributed by atoms with Gasteiger partial charge in [0.05, 0.1) is 5.39 Å². The summed E-state index contributed by atoms with van der Waals surface area (Å²) in [5.41, 5.74) is 2.16. The van der Waals surface area contributed by atoms with Gasteiger partial charge in [0, 0.05) is 23.2 Å². The summed E-state index contributed by atoms with van der Waals surface area (Å²) in [7, 11) is 0. The first-order valence-electron chi connectivity index (χ1n) is 11.5. The van der Waals surface area contributed by atoms with Crippen LogP contribution in [0.3, 0.4) is 0 Å². The highest BCUT2D eigenvalue weighted by Gasteiger charge is 2.24. The Hall–Kier alpha value is -4.26. The topological polar surface area (TPSA) is 90.3 Å². The molecule has 0 aliphatic rings. The molecule has 1 heterocycles. The predicted molar refractivity (Wildman–Crippen MR) is 136 cm³/mol. The summed E-state index contributed by atoms with van der Waals surface area (Å²) in [5, 5.41) is 7.92. The van der Waals surface area contributed by atoms with Gasteiger partial charge in [-0.1, -0.05) is 80.6 Å². The van der Waals surface area contributed by atoms with Gasteiger partial charge in [-0.2, -0.15) is 5.10 Å². The number of fused-ring (bicyclic) bond motifs is 1. The fraction of sp³-hybridized carbons (Fsp3) is 0.214. The van der Waals surface area contributed by atoms with Crippen molar-refractivity contribution in [3.63, 3.8) is 0 Å². The van der Waals surface area contributed by atoms with Crippen molar-refractivity contribution in [1.82, 2.24) is 9.78 Å². The molecule has 0 saturated heterocycles. The number of carbonyl (C=O) groups is 2. The number of esters is 1. The van der Waals surface area contributed by atoms with Crippen LogP contribution in [0.1, 0.15) is 31.3 Å². The quantitative estimate of drug-likeness (QED) is 0.389. The van der Waals surface area contributed by atoms with E-state index in [-0.39, 0.29) is 17.2 Å². The first-order valence-corrected chi connectivity index (χ1v) is 11.5. The van der Waals surface area contributed by atoms with Crippen LogP contribution < -0.4 is 10.9 Å². The average molecular weight is 470 g/mol. The zero-order chi connectivity index (χ0) is 24.9. The second-order valence-electron chi connectivity index (χ2n) is 8.72. The van der Waals surface area contributed by atoms with E-state index in [0.29, 0.717) is 23.0 Å². The lowest BCUT2D eigenvalue weighted by Crippen LogP contribution is -2.32. The standard InChI is InChI=1S/C28H27N3O4/c1-18(2)17-31-27(33)23-15-8-7-14-22(23)25(30-31)28(34)35-19(3)26(32)29-24-16-10-9-13-21(24)20-11-5-4-6-12-20/h4-16,18-19H,17H2,1-3H3,(H,29,32). The van der Waals surface area contributed by atoms with Crippen LogP contribution in [0.15, 0.2) is 83.7 Å². The molecule has 0 aliphatic carbocycles. The maximum absolute atomic E-state index is 13.1. The molecule has 0 fully saturated rings. The average Bonchev–Trinajstić information content (AvgIpc) is 2.86. The van der Waals surface area contributed by atoms with Gasteiger partial charge in [-0.15, -0.1) is 0 Å². The lowest BCUT2D eigenvalue weighted by Gasteiger charge is -2.17. The number of amides is 1. The Bertz CT molecular complexity index is 1430. The van der Waals surface area contributed by atoms with Crippen molar-refractivity contribution >= 4 is 28.3 Å². The van der Waals surface area contributed by atoms with Crippen LogP contribution in [0, 0.1) is 5.92 Å². The Kier molecular flexibility index (Phi) is 7.06. The van der Waals surface area contributed by atoms with E-state index in [1.54, 1.807) is 30.3 Å². The summed E-state index contributed by atoms with van der Waals surface area (Å²) in [4.78, 5) is 38.8. The van der Waals surface area contributed by atoms with Crippen molar-refractivity contribution in [2.45, 2.75) is 33.4 Å². The number of benzene rings is 3. The number of carbonyl (C=O) groups excluding carboxylic acids is 2. The number of rotatable bonds is 7. The van der Waals surface area contributed by atoms with Gasteiger partial charge >= 0.3 is 5.97 Å². The number of hydrogen-bond acceptors (Lipinski definition) is 5. The van der Waals surface area contributed by atoms with E-state index in [1.165, 1.54) is 11.6 Å². The Morgan fingerprint density at radius 3 is 2.23 bits per heavy atom. The van der Waals surface area contributed by atoms with E-state index in [4.69, 9.17) is 4.74 Å². The normalized spacial score (nSPS) is 11.9. The molecule has 1 atom stereocenters. The number of aromatic nitrogens is 2. The third-order valence-corrected chi connectivity index (χ3v) is 5.52. The van der Waals surface area contributed by atoms with Crippen LogP contribution in [0.5, 0.6) is 0 Å². The first-order chi connectivity index (χ1) is 16.8. The number of nitrogens with one attached hydrogen (secondary N) is 1. The van der Waals surface area contributed by atoms with Crippen molar-refractivity contribution in [3.05, 3.63) is 94.9 Å². The van der Waals surface area contributed by atoms with Gasteiger partial charge in [-0.3, -0.25) is 9.59 Å². The summed E-state index contributed by atoms with van der Waals surface area (Å²) >= 11 is 0. The van der Waals surface area contributed by atoms with Gasteiger partial charge in [0.2, 0.25) is 0 Å². The second kappa shape index (κ2) is 10.3. The molecule has 3 aromatic carbocycles.